The lowest BCUT2D eigenvalue weighted by Crippen LogP contribution is -2.32. The average molecular weight is 267 g/mol. The van der Waals surface area contributed by atoms with Crippen molar-refractivity contribution < 1.29 is 14.6 Å². The lowest BCUT2D eigenvalue weighted by molar-refractivity contribution is 0.105. The van der Waals surface area contributed by atoms with Crippen LogP contribution in [0.15, 0.2) is 18.2 Å². The highest BCUT2D eigenvalue weighted by Gasteiger charge is 2.18. The molecule has 19 heavy (non-hydrogen) atoms. The van der Waals surface area contributed by atoms with Crippen molar-refractivity contribution in [3.05, 3.63) is 23.8 Å². The van der Waals surface area contributed by atoms with Crippen molar-refractivity contribution in [1.82, 2.24) is 4.90 Å². The smallest absolute Gasteiger partial charge is 0.128 e. The zero-order valence-corrected chi connectivity index (χ0v) is 12.5. The van der Waals surface area contributed by atoms with E-state index in [2.05, 4.69) is 18.7 Å². The van der Waals surface area contributed by atoms with E-state index in [0.29, 0.717) is 18.3 Å². The van der Waals surface area contributed by atoms with Crippen molar-refractivity contribution in [2.24, 2.45) is 0 Å². The van der Waals surface area contributed by atoms with Crippen molar-refractivity contribution in [3.63, 3.8) is 0 Å². The van der Waals surface area contributed by atoms with Gasteiger partial charge in [0.1, 0.15) is 11.5 Å². The van der Waals surface area contributed by atoms with Gasteiger partial charge in [-0.25, -0.2) is 0 Å². The van der Waals surface area contributed by atoms with Gasteiger partial charge in [-0.3, -0.25) is 0 Å². The standard InChI is InChI=1S/C15H25NO3/c1-6-11(2)16(3)10-14(17)13-8-7-12(18-4)9-15(13)19-5/h7-9,11,14,17H,6,10H2,1-5H3. The van der Waals surface area contributed by atoms with Gasteiger partial charge in [0, 0.05) is 24.2 Å². The fraction of sp³-hybridized carbons (Fsp3) is 0.600. The van der Waals surface area contributed by atoms with Gasteiger partial charge in [-0.1, -0.05) is 6.92 Å². The van der Waals surface area contributed by atoms with Crippen LogP contribution in [0.3, 0.4) is 0 Å². The molecule has 0 fully saturated rings. The van der Waals surface area contributed by atoms with Gasteiger partial charge >= 0.3 is 0 Å². The van der Waals surface area contributed by atoms with E-state index in [1.807, 2.05) is 19.2 Å². The summed E-state index contributed by atoms with van der Waals surface area (Å²) in [5, 5.41) is 10.3. The summed E-state index contributed by atoms with van der Waals surface area (Å²) < 4.78 is 10.5. The first kappa shape index (κ1) is 15.8. The Labute approximate surface area is 115 Å². The molecule has 0 aromatic heterocycles. The summed E-state index contributed by atoms with van der Waals surface area (Å²) in [7, 11) is 5.23. The molecule has 1 aromatic rings. The van der Waals surface area contributed by atoms with Crippen LogP contribution in [-0.4, -0.2) is 43.9 Å². The third-order valence-electron chi connectivity index (χ3n) is 3.60. The SMILES string of the molecule is CCC(C)N(C)CC(O)c1ccc(OC)cc1OC. The Kier molecular flexibility index (Phi) is 6.12. The molecule has 2 atom stereocenters. The van der Waals surface area contributed by atoms with Crippen LogP contribution in [-0.2, 0) is 0 Å². The first-order valence-corrected chi connectivity index (χ1v) is 6.63. The molecule has 2 unspecified atom stereocenters. The Balaban J connectivity index is 2.84. The molecular weight excluding hydrogens is 242 g/mol. The Morgan fingerprint density at radius 3 is 2.47 bits per heavy atom. The summed E-state index contributed by atoms with van der Waals surface area (Å²) in [6.45, 7) is 4.87. The van der Waals surface area contributed by atoms with Crippen molar-refractivity contribution in [2.75, 3.05) is 27.8 Å². The highest BCUT2D eigenvalue weighted by molar-refractivity contribution is 5.42. The first-order valence-electron chi connectivity index (χ1n) is 6.63. The maximum Gasteiger partial charge on any atom is 0.128 e. The predicted octanol–water partition coefficient (Wildman–Crippen LogP) is 2.47. The average Bonchev–Trinajstić information content (AvgIpc) is 2.45. The molecule has 0 aliphatic rings. The van der Waals surface area contributed by atoms with Gasteiger partial charge in [0.05, 0.1) is 20.3 Å². The fourth-order valence-electron chi connectivity index (χ4n) is 1.96. The summed E-state index contributed by atoms with van der Waals surface area (Å²) in [5.74, 6) is 1.38. The molecule has 0 aliphatic carbocycles. The summed E-state index contributed by atoms with van der Waals surface area (Å²) in [6, 6.07) is 5.93. The zero-order chi connectivity index (χ0) is 14.4. The molecule has 0 heterocycles. The lowest BCUT2D eigenvalue weighted by atomic mass is 10.1. The van der Waals surface area contributed by atoms with E-state index >= 15 is 0 Å². The maximum absolute atomic E-state index is 10.3. The number of methoxy groups -OCH3 is 2. The minimum absolute atomic E-state index is 0.443. The Morgan fingerprint density at radius 2 is 1.95 bits per heavy atom. The largest absolute Gasteiger partial charge is 0.497 e. The van der Waals surface area contributed by atoms with Crippen LogP contribution in [0.1, 0.15) is 31.9 Å². The highest BCUT2D eigenvalue weighted by Crippen LogP contribution is 2.30. The third-order valence-corrected chi connectivity index (χ3v) is 3.60. The van der Waals surface area contributed by atoms with Crippen LogP contribution < -0.4 is 9.47 Å². The van der Waals surface area contributed by atoms with Crippen LogP contribution in [0.4, 0.5) is 0 Å². The van der Waals surface area contributed by atoms with Gasteiger partial charge in [0.15, 0.2) is 0 Å². The molecule has 0 aliphatic heterocycles. The number of hydrogen-bond donors (Lipinski definition) is 1. The fourth-order valence-corrected chi connectivity index (χ4v) is 1.96. The number of hydrogen-bond acceptors (Lipinski definition) is 4. The van der Waals surface area contributed by atoms with Crippen LogP contribution >= 0.6 is 0 Å². The van der Waals surface area contributed by atoms with Gasteiger partial charge in [-0.15, -0.1) is 0 Å². The van der Waals surface area contributed by atoms with Crippen molar-refractivity contribution in [3.8, 4) is 11.5 Å². The number of likely N-dealkylation sites (N-methyl/N-ethyl adjacent to an activating group) is 1. The van der Waals surface area contributed by atoms with Crippen molar-refractivity contribution in [2.45, 2.75) is 32.4 Å². The van der Waals surface area contributed by atoms with Gasteiger partial charge < -0.3 is 19.5 Å². The molecule has 1 aromatic carbocycles. The van der Waals surface area contributed by atoms with Crippen molar-refractivity contribution >= 4 is 0 Å². The highest BCUT2D eigenvalue weighted by atomic mass is 16.5. The van der Waals surface area contributed by atoms with Gasteiger partial charge in [0.2, 0.25) is 0 Å². The first-order chi connectivity index (χ1) is 9.03. The number of rotatable bonds is 7. The minimum Gasteiger partial charge on any atom is -0.497 e. The number of nitrogens with zero attached hydrogens (tertiary/aromatic N) is 1. The second-order valence-corrected chi connectivity index (χ2v) is 4.82. The quantitative estimate of drug-likeness (QED) is 0.824. The van der Waals surface area contributed by atoms with Gasteiger partial charge in [-0.05, 0) is 32.5 Å². The van der Waals surface area contributed by atoms with Gasteiger partial charge in [0.25, 0.3) is 0 Å². The monoisotopic (exact) mass is 267 g/mol. The zero-order valence-electron chi connectivity index (χ0n) is 12.5. The molecular formula is C15H25NO3. The summed E-state index contributed by atoms with van der Waals surface area (Å²) in [5.41, 5.74) is 0.790. The number of aliphatic hydroxyl groups is 1. The van der Waals surface area contributed by atoms with E-state index in [4.69, 9.17) is 9.47 Å². The minimum atomic E-state index is -0.570. The maximum atomic E-state index is 10.3. The van der Waals surface area contributed by atoms with E-state index in [9.17, 15) is 5.11 Å². The topological polar surface area (TPSA) is 41.9 Å². The Morgan fingerprint density at radius 1 is 1.26 bits per heavy atom. The molecule has 1 N–H and O–H groups in total. The number of aliphatic hydroxyl groups excluding tert-OH is 1. The Bertz CT molecular complexity index is 395. The van der Waals surface area contributed by atoms with Crippen molar-refractivity contribution in [1.29, 1.82) is 0 Å². The molecule has 0 spiro atoms. The number of ether oxygens (including phenoxy) is 2. The Hall–Kier alpha value is -1.26. The van der Waals surface area contributed by atoms with E-state index in [1.54, 1.807) is 20.3 Å². The van der Waals surface area contributed by atoms with E-state index < -0.39 is 6.10 Å². The molecule has 0 amide bonds. The van der Waals surface area contributed by atoms with E-state index in [-0.39, 0.29) is 0 Å². The summed E-state index contributed by atoms with van der Waals surface area (Å²) in [6.07, 6.45) is 0.489. The molecule has 0 bridgehead atoms. The van der Waals surface area contributed by atoms with Crippen LogP contribution in [0.25, 0.3) is 0 Å². The predicted molar refractivity (Wildman–Crippen MR) is 76.9 cm³/mol. The molecule has 4 heteroatoms. The van der Waals surface area contributed by atoms with Crippen LogP contribution in [0.5, 0.6) is 11.5 Å². The van der Waals surface area contributed by atoms with E-state index in [1.165, 1.54) is 0 Å². The number of benzene rings is 1. The third kappa shape index (κ3) is 4.11. The van der Waals surface area contributed by atoms with Gasteiger partial charge in [-0.2, -0.15) is 0 Å². The molecule has 1 rings (SSSR count). The lowest BCUT2D eigenvalue weighted by Gasteiger charge is -2.26. The normalized spacial score (nSPS) is 14.3. The molecule has 0 saturated carbocycles. The second-order valence-electron chi connectivity index (χ2n) is 4.82. The van der Waals surface area contributed by atoms with Crippen LogP contribution in [0.2, 0.25) is 0 Å². The van der Waals surface area contributed by atoms with Crippen LogP contribution in [0, 0.1) is 0 Å². The van der Waals surface area contributed by atoms with E-state index in [0.717, 1.165) is 17.7 Å². The molecule has 4 nitrogen and oxygen atoms in total. The summed E-state index contributed by atoms with van der Waals surface area (Å²) >= 11 is 0. The molecule has 0 radical (unpaired) electrons. The second kappa shape index (κ2) is 7.36. The molecule has 0 saturated heterocycles. The molecule has 108 valence electrons. The summed E-state index contributed by atoms with van der Waals surface area (Å²) in [4.78, 5) is 2.15.